The SMILES string of the molecule is Cc1c(C(=O)Nc2nc(CCl)cs2)cnn1-c1ccc2ccccc2n1. The van der Waals surface area contributed by atoms with Crippen molar-refractivity contribution in [3.63, 3.8) is 0 Å². The zero-order valence-corrected chi connectivity index (χ0v) is 15.4. The minimum absolute atomic E-state index is 0.259. The number of benzene rings is 1. The molecule has 0 unspecified atom stereocenters. The summed E-state index contributed by atoms with van der Waals surface area (Å²) in [7, 11) is 0. The molecule has 0 saturated heterocycles. The van der Waals surface area contributed by atoms with Gasteiger partial charge >= 0.3 is 0 Å². The van der Waals surface area contributed by atoms with Crippen molar-refractivity contribution in [2.24, 2.45) is 0 Å². The van der Waals surface area contributed by atoms with Gasteiger partial charge in [-0.05, 0) is 25.1 Å². The highest BCUT2D eigenvalue weighted by molar-refractivity contribution is 7.14. The fourth-order valence-electron chi connectivity index (χ4n) is 2.63. The standard InChI is InChI=1S/C18H14ClN5OS/c1-11-14(17(25)23-18-21-13(8-19)10-26-18)9-20-24(11)16-7-6-12-4-2-3-5-15(12)22-16/h2-7,9-10H,8H2,1H3,(H,21,23,25). The number of fused-ring (bicyclic) bond motifs is 1. The maximum Gasteiger partial charge on any atom is 0.260 e. The second-order valence-corrected chi connectivity index (χ2v) is 6.77. The third-order valence-electron chi connectivity index (χ3n) is 3.96. The number of carbonyl (C=O) groups is 1. The number of para-hydroxylation sites is 1. The van der Waals surface area contributed by atoms with Crippen molar-refractivity contribution in [1.82, 2.24) is 19.7 Å². The highest BCUT2D eigenvalue weighted by atomic mass is 35.5. The van der Waals surface area contributed by atoms with Crippen molar-refractivity contribution in [3.05, 3.63) is 64.9 Å². The average molecular weight is 384 g/mol. The molecular weight excluding hydrogens is 370 g/mol. The van der Waals surface area contributed by atoms with Crippen molar-refractivity contribution in [3.8, 4) is 5.82 Å². The lowest BCUT2D eigenvalue weighted by molar-refractivity contribution is 0.102. The average Bonchev–Trinajstić information content (AvgIpc) is 3.27. The molecule has 4 rings (SSSR count). The van der Waals surface area contributed by atoms with Gasteiger partial charge in [-0.15, -0.1) is 22.9 Å². The van der Waals surface area contributed by atoms with E-state index < -0.39 is 0 Å². The van der Waals surface area contributed by atoms with Crippen LogP contribution in [-0.4, -0.2) is 25.7 Å². The number of anilines is 1. The first kappa shape index (κ1) is 16.7. The molecule has 1 aromatic carbocycles. The van der Waals surface area contributed by atoms with Crippen LogP contribution in [0.25, 0.3) is 16.7 Å². The van der Waals surface area contributed by atoms with E-state index >= 15 is 0 Å². The first-order valence-corrected chi connectivity index (χ1v) is 9.29. The van der Waals surface area contributed by atoms with E-state index in [1.54, 1.807) is 4.68 Å². The van der Waals surface area contributed by atoms with Crippen LogP contribution in [0.3, 0.4) is 0 Å². The molecule has 0 saturated carbocycles. The molecule has 0 aliphatic carbocycles. The monoisotopic (exact) mass is 383 g/mol. The number of hydrogen-bond acceptors (Lipinski definition) is 5. The van der Waals surface area contributed by atoms with Crippen LogP contribution in [-0.2, 0) is 5.88 Å². The molecule has 3 heterocycles. The lowest BCUT2D eigenvalue weighted by atomic mass is 10.2. The first-order chi connectivity index (χ1) is 12.7. The minimum atomic E-state index is -0.259. The number of carbonyl (C=O) groups excluding carboxylic acids is 1. The van der Waals surface area contributed by atoms with Crippen LogP contribution >= 0.6 is 22.9 Å². The van der Waals surface area contributed by atoms with Gasteiger partial charge in [0.1, 0.15) is 0 Å². The van der Waals surface area contributed by atoms with Crippen LogP contribution in [0.1, 0.15) is 21.7 Å². The van der Waals surface area contributed by atoms with E-state index in [4.69, 9.17) is 11.6 Å². The van der Waals surface area contributed by atoms with Crippen molar-refractivity contribution < 1.29 is 4.79 Å². The van der Waals surface area contributed by atoms with Crippen molar-refractivity contribution in [2.45, 2.75) is 12.8 Å². The van der Waals surface area contributed by atoms with Gasteiger partial charge in [-0.1, -0.05) is 18.2 Å². The molecule has 1 N–H and O–H groups in total. The molecule has 0 aliphatic rings. The van der Waals surface area contributed by atoms with Crippen LogP contribution in [0.4, 0.5) is 5.13 Å². The van der Waals surface area contributed by atoms with Gasteiger partial charge < -0.3 is 0 Å². The Labute approximate surface area is 158 Å². The van der Waals surface area contributed by atoms with E-state index in [1.165, 1.54) is 17.5 Å². The number of alkyl halides is 1. The van der Waals surface area contributed by atoms with E-state index in [2.05, 4.69) is 20.4 Å². The van der Waals surface area contributed by atoms with E-state index in [0.717, 1.165) is 16.6 Å². The smallest absolute Gasteiger partial charge is 0.260 e. The number of pyridine rings is 1. The summed E-state index contributed by atoms with van der Waals surface area (Å²) in [4.78, 5) is 21.4. The maximum atomic E-state index is 12.5. The summed E-state index contributed by atoms with van der Waals surface area (Å²) < 4.78 is 1.66. The highest BCUT2D eigenvalue weighted by Gasteiger charge is 2.17. The summed E-state index contributed by atoms with van der Waals surface area (Å²) in [5.74, 6) is 0.723. The predicted octanol–water partition coefficient (Wildman–Crippen LogP) is 4.18. The summed E-state index contributed by atoms with van der Waals surface area (Å²) in [5.41, 5.74) is 2.80. The van der Waals surface area contributed by atoms with Crippen LogP contribution in [0.5, 0.6) is 0 Å². The van der Waals surface area contributed by atoms with Crippen LogP contribution in [0.2, 0.25) is 0 Å². The van der Waals surface area contributed by atoms with Gasteiger partial charge in [-0.25, -0.2) is 14.6 Å². The fraction of sp³-hybridized carbons (Fsp3) is 0.111. The molecular formula is C18H14ClN5OS. The van der Waals surface area contributed by atoms with Gasteiger partial charge in [0, 0.05) is 10.8 Å². The third-order valence-corrected chi connectivity index (χ3v) is 5.04. The van der Waals surface area contributed by atoms with Gasteiger partial charge in [-0.3, -0.25) is 10.1 Å². The lowest BCUT2D eigenvalue weighted by Gasteiger charge is -2.06. The number of halogens is 1. The van der Waals surface area contributed by atoms with E-state index in [9.17, 15) is 4.79 Å². The molecule has 1 amide bonds. The molecule has 26 heavy (non-hydrogen) atoms. The Morgan fingerprint density at radius 1 is 1.23 bits per heavy atom. The summed E-state index contributed by atoms with van der Waals surface area (Å²) >= 11 is 7.08. The number of nitrogens with zero attached hydrogens (tertiary/aromatic N) is 4. The molecule has 0 radical (unpaired) electrons. The largest absolute Gasteiger partial charge is 0.298 e. The Kier molecular flexibility index (Phi) is 4.40. The number of aromatic nitrogens is 4. The molecule has 0 spiro atoms. The van der Waals surface area contributed by atoms with Gasteiger partial charge in [0.2, 0.25) is 0 Å². The van der Waals surface area contributed by atoms with Gasteiger partial charge in [-0.2, -0.15) is 5.10 Å². The first-order valence-electron chi connectivity index (χ1n) is 7.88. The topological polar surface area (TPSA) is 72.7 Å². The van der Waals surface area contributed by atoms with Crippen LogP contribution < -0.4 is 5.32 Å². The lowest BCUT2D eigenvalue weighted by Crippen LogP contribution is -2.13. The van der Waals surface area contributed by atoms with Gasteiger partial charge in [0.05, 0.1) is 34.5 Å². The molecule has 0 atom stereocenters. The fourth-order valence-corrected chi connectivity index (χ4v) is 3.56. The molecule has 8 heteroatoms. The van der Waals surface area contributed by atoms with E-state index in [0.29, 0.717) is 28.1 Å². The molecule has 0 fully saturated rings. The van der Waals surface area contributed by atoms with Crippen molar-refractivity contribution in [1.29, 1.82) is 0 Å². The molecule has 3 aromatic heterocycles. The number of hydrogen-bond donors (Lipinski definition) is 1. The molecule has 130 valence electrons. The van der Waals surface area contributed by atoms with Crippen molar-refractivity contribution in [2.75, 3.05) is 5.32 Å². The van der Waals surface area contributed by atoms with Crippen LogP contribution in [0, 0.1) is 6.92 Å². The molecule has 0 bridgehead atoms. The summed E-state index contributed by atoms with van der Waals surface area (Å²) in [6.45, 7) is 1.84. The number of amides is 1. The zero-order valence-electron chi connectivity index (χ0n) is 13.8. The molecule has 4 aromatic rings. The predicted molar refractivity (Wildman–Crippen MR) is 103 cm³/mol. The highest BCUT2D eigenvalue weighted by Crippen LogP contribution is 2.20. The second-order valence-electron chi connectivity index (χ2n) is 5.65. The number of nitrogens with one attached hydrogen (secondary N) is 1. The van der Waals surface area contributed by atoms with Gasteiger partial charge in [0.15, 0.2) is 10.9 Å². The Bertz CT molecular complexity index is 1100. The Morgan fingerprint density at radius 2 is 2.08 bits per heavy atom. The van der Waals surface area contributed by atoms with Gasteiger partial charge in [0.25, 0.3) is 5.91 Å². The Morgan fingerprint density at radius 3 is 2.88 bits per heavy atom. The normalized spacial score (nSPS) is 11.0. The van der Waals surface area contributed by atoms with Crippen LogP contribution in [0.15, 0.2) is 48.0 Å². The molecule has 6 nitrogen and oxygen atoms in total. The second kappa shape index (κ2) is 6.86. The molecule has 0 aliphatic heterocycles. The van der Waals surface area contributed by atoms with Crippen molar-refractivity contribution >= 4 is 44.9 Å². The Hall–Kier alpha value is -2.77. The minimum Gasteiger partial charge on any atom is -0.298 e. The summed E-state index contributed by atoms with van der Waals surface area (Å²) in [6.07, 6.45) is 1.54. The maximum absolute atomic E-state index is 12.5. The quantitative estimate of drug-likeness (QED) is 0.536. The third kappa shape index (κ3) is 3.07. The zero-order chi connectivity index (χ0) is 18.1. The van der Waals surface area contributed by atoms with E-state index in [1.807, 2.05) is 48.7 Å². The Balaban J connectivity index is 1.63. The number of rotatable bonds is 4. The number of thiazole rings is 1. The van der Waals surface area contributed by atoms with E-state index in [-0.39, 0.29) is 5.91 Å². The summed E-state index contributed by atoms with van der Waals surface area (Å²) in [5, 5.41) is 10.5. The summed E-state index contributed by atoms with van der Waals surface area (Å²) in [6, 6.07) is 11.7.